The molecule has 1 atom stereocenters. The highest BCUT2D eigenvalue weighted by atomic mass is 16.5. The minimum absolute atomic E-state index is 0.00815. The van der Waals surface area contributed by atoms with Crippen LogP contribution in [0, 0.1) is 10.8 Å². The Hall–Kier alpha value is -1.47. The minimum atomic E-state index is -0.841. The van der Waals surface area contributed by atoms with Crippen LogP contribution in [0.15, 0.2) is 4.52 Å². The number of carboxylic acids is 1. The Morgan fingerprint density at radius 1 is 1.29 bits per heavy atom. The second-order valence-electron chi connectivity index (χ2n) is 9.23. The average Bonchev–Trinajstić information content (AvgIpc) is 3.09. The predicted molar refractivity (Wildman–Crippen MR) is 107 cm³/mol. The van der Waals surface area contributed by atoms with Gasteiger partial charge in [-0.05, 0) is 36.5 Å². The number of carbonyl (C=O) groups is 1. The molecule has 0 aliphatic heterocycles. The number of rotatable bonds is 11. The monoisotopic (exact) mass is 395 g/mol. The fraction of sp³-hybridized carbons (Fsp3) is 0.857. The lowest BCUT2D eigenvalue weighted by Gasteiger charge is -2.48. The first-order valence-electron chi connectivity index (χ1n) is 10.6. The SMILES string of the molecule is CC(C)(C)C1(CCC[C@H](CC(=O)O)c2nc(CNCCO)no2)CCCCC1. The van der Waals surface area contributed by atoms with Gasteiger partial charge >= 0.3 is 5.97 Å². The van der Waals surface area contributed by atoms with Gasteiger partial charge in [-0.1, -0.05) is 51.6 Å². The number of aliphatic carboxylic acids is 1. The molecule has 7 nitrogen and oxygen atoms in total. The molecule has 1 saturated carbocycles. The predicted octanol–water partition coefficient (Wildman–Crippen LogP) is 3.88. The molecule has 1 aromatic rings. The van der Waals surface area contributed by atoms with E-state index in [1.807, 2.05) is 0 Å². The highest BCUT2D eigenvalue weighted by molar-refractivity contribution is 5.67. The van der Waals surface area contributed by atoms with E-state index in [1.54, 1.807) is 0 Å². The van der Waals surface area contributed by atoms with Gasteiger partial charge in [-0.25, -0.2) is 0 Å². The first-order chi connectivity index (χ1) is 13.3. The lowest BCUT2D eigenvalue weighted by Crippen LogP contribution is -2.37. The van der Waals surface area contributed by atoms with Gasteiger partial charge in [0.15, 0.2) is 5.82 Å². The summed E-state index contributed by atoms with van der Waals surface area (Å²) in [6.07, 6.45) is 9.29. The fourth-order valence-corrected chi connectivity index (χ4v) is 4.60. The topological polar surface area (TPSA) is 108 Å². The van der Waals surface area contributed by atoms with E-state index in [2.05, 4.69) is 36.2 Å². The van der Waals surface area contributed by atoms with Gasteiger partial charge in [-0.2, -0.15) is 4.98 Å². The molecule has 0 amide bonds. The standard InChI is InChI=1S/C21H37N3O4/c1-20(2,3)21(9-5-4-6-10-21)11-7-8-16(14-18(26)27)19-23-17(24-28-19)15-22-12-13-25/h16,22,25H,4-15H2,1-3H3,(H,26,27)/t16-/m1/s1. The molecule has 160 valence electrons. The molecule has 0 bridgehead atoms. The van der Waals surface area contributed by atoms with E-state index in [4.69, 9.17) is 9.63 Å². The molecular formula is C21H37N3O4. The van der Waals surface area contributed by atoms with Crippen LogP contribution in [0.1, 0.15) is 96.2 Å². The summed E-state index contributed by atoms with van der Waals surface area (Å²) < 4.78 is 5.37. The zero-order valence-electron chi connectivity index (χ0n) is 17.7. The van der Waals surface area contributed by atoms with Gasteiger partial charge in [0.05, 0.1) is 19.6 Å². The highest BCUT2D eigenvalue weighted by Gasteiger charge is 2.41. The summed E-state index contributed by atoms with van der Waals surface area (Å²) in [7, 11) is 0. The highest BCUT2D eigenvalue weighted by Crippen LogP contribution is 2.53. The molecule has 0 spiro atoms. The number of hydrogen-bond acceptors (Lipinski definition) is 6. The second kappa shape index (κ2) is 10.3. The van der Waals surface area contributed by atoms with E-state index >= 15 is 0 Å². The molecule has 1 aliphatic carbocycles. The van der Waals surface area contributed by atoms with Gasteiger partial charge in [-0.15, -0.1) is 0 Å². The number of nitrogens with one attached hydrogen (secondary N) is 1. The number of aliphatic hydroxyl groups excluding tert-OH is 1. The maximum Gasteiger partial charge on any atom is 0.304 e. The largest absolute Gasteiger partial charge is 0.481 e. The van der Waals surface area contributed by atoms with Crippen LogP contribution in [0.3, 0.4) is 0 Å². The Balaban J connectivity index is 1.99. The van der Waals surface area contributed by atoms with Gasteiger partial charge in [-0.3, -0.25) is 4.79 Å². The number of hydrogen-bond donors (Lipinski definition) is 3. The zero-order valence-corrected chi connectivity index (χ0v) is 17.7. The Labute approximate surface area is 168 Å². The van der Waals surface area contributed by atoms with Crippen molar-refractivity contribution in [2.45, 2.75) is 91.0 Å². The van der Waals surface area contributed by atoms with Gasteiger partial charge in [0.25, 0.3) is 0 Å². The van der Waals surface area contributed by atoms with Crippen molar-refractivity contribution in [3.8, 4) is 0 Å². The number of nitrogens with zero attached hydrogens (tertiary/aromatic N) is 2. The van der Waals surface area contributed by atoms with Crippen molar-refractivity contribution < 1.29 is 19.5 Å². The smallest absolute Gasteiger partial charge is 0.304 e. The fourth-order valence-electron chi connectivity index (χ4n) is 4.60. The van der Waals surface area contributed by atoms with Crippen LogP contribution in [0.4, 0.5) is 0 Å². The lowest BCUT2D eigenvalue weighted by atomic mass is 9.57. The molecule has 1 heterocycles. The van der Waals surface area contributed by atoms with Crippen molar-refractivity contribution in [1.29, 1.82) is 0 Å². The van der Waals surface area contributed by atoms with Crippen LogP contribution in [0.2, 0.25) is 0 Å². The maximum absolute atomic E-state index is 11.4. The van der Waals surface area contributed by atoms with E-state index < -0.39 is 5.97 Å². The molecule has 3 N–H and O–H groups in total. The Bertz CT molecular complexity index is 603. The molecule has 2 rings (SSSR count). The normalized spacial score (nSPS) is 18.1. The first-order valence-corrected chi connectivity index (χ1v) is 10.6. The summed E-state index contributed by atoms with van der Waals surface area (Å²) in [5.74, 6) is -0.183. The van der Waals surface area contributed by atoms with E-state index in [1.165, 1.54) is 32.1 Å². The van der Waals surface area contributed by atoms with Crippen molar-refractivity contribution in [2.75, 3.05) is 13.2 Å². The second-order valence-corrected chi connectivity index (χ2v) is 9.23. The quantitative estimate of drug-likeness (QED) is 0.488. The summed E-state index contributed by atoms with van der Waals surface area (Å²) in [6.45, 7) is 7.93. The summed E-state index contributed by atoms with van der Waals surface area (Å²) in [6, 6.07) is 0. The van der Waals surface area contributed by atoms with Crippen molar-refractivity contribution in [1.82, 2.24) is 15.5 Å². The number of aromatic nitrogens is 2. The van der Waals surface area contributed by atoms with E-state index in [-0.39, 0.29) is 24.4 Å². The van der Waals surface area contributed by atoms with Crippen molar-refractivity contribution in [3.05, 3.63) is 11.7 Å². The molecule has 1 aliphatic rings. The molecule has 0 aromatic carbocycles. The average molecular weight is 396 g/mol. The van der Waals surface area contributed by atoms with Crippen molar-refractivity contribution in [3.63, 3.8) is 0 Å². The Morgan fingerprint density at radius 2 is 2.00 bits per heavy atom. The zero-order chi connectivity index (χ0) is 20.6. The van der Waals surface area contributed by atoms with Gasteiger partial charge in [0.2, 0.25) is 5.89 Å². The molecule has 0 unspecified atom stereocenters. The maximum atomic E-state index is 11.4. The molecular weight excluding hydrogens is 358 g/mol. The van der Waals surface area contributed by atoms with Gasteiger partial charge in [0.1, 0.15) is 0 Å². The summed E-state index contributed by atoms with van der Waals surface area (Å²) in [5, 5.41) is 25.1. The number of aliphatic hydroxyl groups is 1. The third-order valence-corrected chi connectivity index (χ3v) is 6.44. The van der Waals surface area contributed by atoms with Gasteiger partial charge < -0.3 is 20.1 Å². The Kier molecular flexibility index (Phi) is 8.43. The van der Waals surface area contributed by atoms with Crippen molar-refractivity contribution in [2.24, 2.45) is 10.8 Å². The molecule has 28 heavy (non-hydrogen) atoms. The van der Waals surface area contributed by atoms with E-state index in [9.17, 15) is 9.90 Å². The first kappa shape index (κ1) is 22.8. The molecule has 0 radical (unpaired) electrons. The van der Waals surface area contributed by atoms with Crippen LogP contribution in [-0.2, 0) is 11.3 Å². The van der Waals surface area contributed by atoms with Crippen LogP contribution in [0.25, 0.3) is 0 Å². The summed E-state index contributed by atoms with van der Waals surface area (Å²) in [5.41, 5.74) is 0.596. The van der Waals surface area contributed by atoms with Gasteiger partial charge in [0, 0.05) is 12.5 Å². The molecule has 0 saturated heterocycles. The van der Waals surface area contributed by atoms with E-state index in [0.29, 0.717) is 30.2 Å². The third-order valence-electron chi connectivity index (χ3n) is 6.44. The van der Waals surface area contributed by atoms with E-state index in [0.717, 1.165) is 19.3 Å². The lowest BCUT2D eigenvalue weighted by molar-refractivity contribution is -0.137. The molecule has 1 fully saturated rings. The summed E-state index contributed by atoms with van der Waals surface area (Å²) in [4.78, 5) is 15.7. The van der Waals surface area contributed by atoms with Crippen molar-refractivity contribution >= 4 is 5.97 Å². The molecule has 1 aromatic heterocycles. The minimum Gasteiger partial charge on any atom is -0.481 e. The van der Waals surface area contributed by atoms with Crippen LogP contribution in [0.5, 0.6) is 0 Å². The van der Waals surface area contributed by atoms with Crippen LogP contribution in [-0.4, -0.2) is 39.5 Å². The summed E-state index contributed by atoms with van der Waals surface area (Å²) >= 11 is 0. The molecule has 7 heteroatoms. The third kappa shape index (κ3) is 6.27. The Morgan fingerprint density at radius 3 is 2.61 bits per heavy atom. The van der Waals surface area contributed by atoms with Crippen LogP contribution < -0.4 is 5.32 Å². The number of carboxylic acid groups (broad SMARTS) is 1. The van der Waals surface area contributed by atoms with Crippen LogP contribution >= 0.6 is 0 Å².